The summed E-state index contributed by atoms with van der Waals surface area (Å²) in [4.78, 5) is 15.2. The predicted molar refractivity (Wildman–Crippen MR) is 123 cm³/mol. The van der Waals surface area contributed by atoms with Gasteiger partial charge in [-0.15, -0.1) is 0 Å². The highest BCUT2D eigenvalue weighted by atomic mass is 35.5. The molecule has 0 aromatic heterocycles. The van der Waals surface area contributed by atoms with Gasteiger partial charge in [-0.3, -0.25) is 15.0 Å². The molecule has 1 aromatic carbocycles. The molecule has 30 heavy (non-hydrogen) atoms. The first-order chi connectivity index (χ1) is 14.4. The number of halogens is 2. The van der Waals surface area contributed by atoms with E-state index in [0.29, 0.717) is 39.7 Å². The maximum absolute atomic E-state index is 9.77. The van der Waals surface area contributed by atoms with Gasteiger partial charge < -0.3 is 24.8 Å². The van der Waals surface area contributed by atoms with E-state index in [4.69, 9.17) is 32.7 Å². The monoisotopic (exact) mass is 457 g/mol. The first-order valence-corrected chi connectivity index (χ1v) is 10.4. The molecule has 0 radical (unpaired) electrons. The number of aliphatic imine (C=N–C) groups is 3. The molecular weight excluding hydrogens is 429 g/mol. The van der Waals surface area contributed by atoms with Crippen LogP contribution in [-0.2, 0) is 9.47 Å². The normalized spacial score (nSPS) is 19.4. The summed E-state index contributed by atoms with van der Waals surface area (Å²) in [5.41, 5.74) is 1.27. The standard InChI is InChI=1S/C20H29Cl2N5O3/c1-23-18(15-6-5-7-16(21)17(15)22)19(24-2)26-20(25-3)27-9-8-14(10-27)30-12-13(28)11-29-4/h5-7,13-14,28H,8-12H2,1-4H3,(H,24,25,26)/t13-,14+/m1/s1. The summed E-state index contributed by atoms with van der Waals surface area (Å²) < 4.78 is 10.7. The van der Waals surface area contributed by atoms with E-state index in [9.17, 15) is 5.11 Å². The van der Waals surface area contributed by atoms with Gasteiger partial charge in [0.15, 0.2) is 11.8 Å². The second kappa shape index (κ2) is 12.2. The Morgan fingerprint density at radius 3 is 2.63 bits per heavy atom. The lowest BCUT2D eigenvalue weighted by Crippen LogP contribution is -2.46. The van der Waals surface area contributed by atoms with Crippen molar-refractivity contribution in [2.45, 2.75) is 18.6 Å². The van der Waals surface area contributed by atoms with Crippen molar-refractivity contribution < 1.29 is 14.6 Å². The molecule has 166 valence electrons. The van der Waals surface area contributed by atoms with Gasteiger partial charge in [-0.25, -0.2) is 0 Å². The van der Waals surface area contributed by atoms with Crippen molar-refractivity contribution in [2.24, 2.45) is 15.0 Å². The molecule has 0 spiro atoms. The van der Waals surface area contributed by atoms with E-state index in [1.165, 1.54) is 0 Å². The summed E-state index contributed by atoms with van der Waals surface area (Å²) in [5.74, 6) is 1.18. The van der Waals surface area contributed by atoms with Gasteiger partial charge in [-0.2, -0.15) is 0 Å². The number of likely N-dealkylation sites (tertiary alicyclic amines) is 1. The number of hydrogen-bond acceptors (Lipinski definition) is 6. The molecule has 0 unspecified atom stereocenters. The number of nitrogens with zero attached hydrogens (tertiary/aromatic N) is 4. The molecule has 1 saturated heterocycles. The van der Waals surface area contributed by atoms with Crippen LogP contribution in [0.3, 0.4) is 0 Å². The van der Waals surface area contributed by atoms with Crippen molar-refractivity contribution in [3.8, 4) is 0 Å². The lowest BCUT2D eigenvalue weighted by Gasteiger charge is -2.23. The number of ether oxygens (including phenoxy) is 2. The summed E-state index contributed by atoms with van der Waals surface area (Å²) >= 11 is 12.6. The summed E-state index contributed by atoms with van der Waals surface area (Å²) in [5, 5.41) is 13.9. The summed E-state index contributed by atoms with van der Waals surface area (Å²) in [6, 6.07) is 5.39. The fourth-order valence-corrected chi connectivity index (χ4v) is 3.58. The van der Waals surface area contributed by atoms with Gasteiger partial charge >= 0.3 is 0 Å². The van der Waals surface area contributed by atoms with E-state index in [1.807, 2.05) is 12.1 Å². The number of guanidine groups is 1. The molecule has 1 aromatic rings. The molecule has 1 fully saturated rings. The number of rotatable bonds is 7. The highest BCUT2D eigenvalue weighted by Gasteiger charge is 2.27. The Kier molecular flexibility index (Phi) is 10.0. The lowest BCUT2D eigenvalue weighted by molar-refractivity contribution is -0.0316. The molecule has 10 heteroatoms. The van der Waals surface area contributed by atoms with E-state index >= 15 is 0 Å². The zero-order chi connectivity index (χ0) is 22.1. The third kappa shape index (κ3) is 6.39. The Bertz CT molecular complexity index is 801. The van der Waals surface area contributed by atoms with Gasteiger partial charge in [0.2, 0.25) is 0 Å². The molecular formula is C20H29Cl2N5O3. The predicted octanol–water partition coefficient (Wildman–Crippen LogP) is 2.11. The Balaban J connectivity index is 2.06. The first kappa shape index (κ1) is 24.6. The van der Waals surface area contributed by atoms with Crippen molar-refractivity contribution in [2.75, 3.05) is 54.6 Å². The van der Waals surface area contributed by atoms with E-state index in [1.54, 1.807) is 34.3 Å². The fourth-order valence-electron chi connectivity index (χ4n) is 3.19. The molecule has 0 saturated carbocycles. The van der Waals surface area contributed by atoms with Gasteiger partial charge in [0.1, 0.15) is 11.8 Å². The summed E-state index contributed by atoms with van der Waals surface area (Å²) in [6.07, 6.45) is 0.193. The SMILES string of the molecule is CN=C(NC(=NC)N1CC[C@H](OC[C@H](O)COC)C1)C(=NC)c1cccc(Cl)c1Cl. The second-order valence-electron chi connectivity index (χ2n) is 6.72. The number of aliphatic hydroxyl groups excluding tert-OH is 1. The smallest absolute Gasteiger partial charge is 0.199 e. The molecule has 1 heterocycles. The van der Waals surface area contributed by atoms with Crippen LogP contribution in [0.15, 0.2) is 33.2 Å². The third-order valence-corrected chi connectivity index (χ3v) is 5.47. The molecule has 1 aliphatic rings. The average molecular weight is 458 g/mol. The topological polar surface area (TPSA) is 91.0 Å². The van der Waals surface area contributed by atoms with Crippen molar-refractivity contribution in [1.29, 1.82) is 0 Å². The molecule has 2 atom stereocenters. The molecule has 2 N–H and O–H groups in total. The Hall–Kier alpha value is -1.71. The van der Waals surface area contributed by atoms with Gasteiger partial charge in [-0.05, 0) is 12.5 Å². The van der Waals surface area contributed by atoms with Crippen molar-refractivity contribution in [3.63, 3.8) is 0 Å². The maximum atomic E-state index is 9.77. The molecule has 0 bridgehead atoms. The Labute approximate surface area is 187 Å². The second-order valence-corrected chi connectivity index (χ2v) is 7.50. The quantitative estimate of drug-likeness (QED) is 0.483. The van der Waals surface area contributed by atoms with Crippen LogP contribution in [-0.4, -0.2) is 94.3 Å². The largest absolute Gasteiger partial charge is 0.388 e. The van der Waals surface area contributed by atoms with Crippen molar-refractivity contribution in [1.82, 2.24) is 10.2 Å². The van der Waals surface area contributed by atoms with Crippen LogP contribution in [0.25, 0.3) is 0 Å². The zero-order valence-corrected chi connectivity index (χ0v) is 19.2. The van der Waals surface area contributed by atoms with Crippen molar-refractivity contribution >= 4 is 40.7 Å². The number of methoxy groups -OCH3 is 1. The first-order valence-electron chi connectivity index (χ1n) is 9.60. The highest BCUT2D eigenvalue weighted by Crippen LogP contribution is 2.26. The zero-order valence-electron chi connectivity index (χ0n) is 17.7. The van der Waals surface area contributed by atoms with Gasteiger partial charge in [0.05, 0.1) is 29.4 Å². The Morgan fingerprint density at radius 1 is 1.23 bits per heavy atom. The minimum absolute atomic E-state index is 0.00115. The number of amidine groups is 1. The molecule has 0 amide bonds. The molecule has 0 aliphatic carbocycles. The van der Waals surface area contributed by atoms with Crippen LogP contribution in [0, 0.1) is 0 Å². The van der Waals surface area contributed by atoms with E-state index in [-0.39, 0.29) is 19.3 Å². The van der Waals surface area contributed by atoms with Crippen LogP contribution in [0.1, 0.15) is 12.0 Å². The lowest BCUT2D eigenvalue weighted by atomic mass is 10.1. The van der Waals surface area contributed by atoms with Gasteiger partial charge in [0.25, 0.3) is 0 Å². The minimum atomic E-state index is -0.633. The van der Waals surface area contributed by atoms with E-state index in [2.05, 4.69) is 25.2 Å². The van der Waals surface area contributed by atoms with E-state index < -0.39 is 6.10 Å². The maximum Gasteiger partial charge on any atom is 0.199 e. The average Bonchev–Trinajstić information content (AvgIpc) is 3.21. The number of aliphatic hydroxyl groups is 1. The van der Waals surface area contributed by atoms with Crippen LogP contribution < -0.4 is 5.32 Å². The minimum Gasteiger partial charge on any atom is -0.388 e. The Morgan fingerprint density at radius 2 is 2.00 bits per heavy atom. The number of hydrogen-bond donors (Lipinski definition) is 2. The summed E-state index contributed by atoms with van der Waals surface area (Å²) in [6.45, 7) is 1.90. The highest BCUT2D eigenvalue weighted by molar-refractivity contribution is 6.53. The molecule has 1 aliphatic heterocycles. The molecule has 2 rings (SSSR count). The molecule has 8 nitrogen and oxygen atoms in total. The fraction of sp³-hybridized carbons (Fsp3) is 0.550. The van der Waals surface area contributed by atoms with Crippen LogP contribution in [0.5, 0.6) is 0 Å². The number of benzene rings is 1. The third-order valence-electron chi connectivity index (χ3n) is 4.65. The van der Waals surface area contributed by atoms with Gasteiger partial charge in [0, 0.05) is 46.9 Å². The summed E-state index contributed by atoms with van der Waals surface area (Å²) in [7, 11) is 6.61. The van der Waals surface area contributed by atoms with Gasteiger partial charge in [-0.1, -0.05) is 35.3 Å². The van der Waals surface area contributed by atoms with Crippen molar-refractivity contribution in [3.05, 3.63) is 33.8 Å². The van der Waals surface area contributed by atoms with Crippen LogP contribution >= 0.6 is 23.2 Å². The van der Waals surface area contributed by atoms with E-state index in [0.717, 1.165) is 13.0 Å². The number of nitrogens with one attached hydrogen (secondary N) is 1. The van der Waals surface area contributed by atoms with Crippen LogP contribution in [0.4, 0.5) is 0 Å². The van der Waals surface area contributed by atoms with Crippen LogP contribution in [0.2, 0.25) is 10.0 Å².